The number of hydrogen-bond donors (Lipinski definition) is 1. The number of hydrogen-bond acceptors (Lipinski definition) is 5. The van der Waals surface area contributed by atoms with E-state index in [1.54, 1.807) is 38.1 Å². The van der Waals surface area contributed by atoms with Crippen molar-refractivity contribution < 1.29 is 14.7 Å². The number of ketones is 1. The average Bonchev–Trinajstić information content (AvgIpc) is 3.10. The van der Waals surface area contributed by atoms with Gasteiger partial charge >= 0.3 is 0 Å². The standard InChI is InChI=1S/C20H22N2O3S/c1-12-7-10-26-17(12)15-14(18(24)20(2,3)4)16(23)19(25)22(15)11-13-5-8-21-9-6-13/h5-10,15,23H,11H2,1-4H3. The molecule has 1 atom stereocenters. The number of aryl methyl sites for hydroxylation is 1. The molecule has 1 aliphatic rings. The molecule has 0 aliphatic carbocycles. The van der Waals surface area contributed by atoms with Gasteiger partial charge in [-0.2, -0.15) is 0 Å². The normalized spacial score (nSPS) is 17.9. The largest absolute Gasteiger partial charge is 0.503 e. The van der Waals surface area contributed by atoms with Crippen LogP contribution in [0.1, 0.15) is 42.8 Å². The fourth-order valence-corrected chi connectivity index (χ4v) is 4.12. The van der Waals surface area contributed by atoms with Crippen molar-refractivity contribution in [1.82, 2.24) is 9.88 Å². The van der Waals surface area contributed by atoms with Gasteiger partial charge in [0.25, 0.3) is 5.91 Å². The molecule has 1 amide bonds. The number of carbonyl (C=O) groups is 2. The van der Waals surface area contributed by atoms with Crippen LogP contribution in [0.15, 0.2) is 47.3 Å². The number of Topliss-reactive ketones (excluding diaryl/α,β-unsaturated/α-hetero) is 1. The zero-order chi connectivity index (χ0) is 19.1. The molecule has 136 valence electrons. The van der Waals surface area contributed by atoms with Gasteiger partial charge in [-0.1, -0.05) is 20.8 Å². The first-order valence-electron chi connectivity index (χ1n) is 8.43. The highest BCUT2D eigenvalue weighted by Gasteiger charge is 2.46. The van der Waals surface area contributed by atoms with Crippen LogP contribution < -0.4 is 0 Å². The van der Waals surface area contributed by atoms with Gasteiger partial charge in [0.2, 0.25) is 0 Å². The zero-order valence-corrected chi connectivity index (χ0v) is 16.1. The zero-order valence-electron chi connectivity index (χ0n) is 15.3. The van der Waals surface area contributed by atoms with Crippen molar-refractivity contribution in [2.75, 3.05) is 0 Å². The third-order valence-electron chi connectivity index (χ3n) is 4.48. The van der Waals surface area contributed by atoms with E-state index in [4.69, 9.17) is 0 Å². The van der Waals surface area contributed by atoms with Gasteiger partial charge in [0.05, 0.1) is 11.6 Å². The minimum atomic E-state index is -0.695. The van der Waals surface area contributed by atoms with Crippen molar-refractivity contribution in [3.8, 4) is 0 Å². The lowest BCUT2D eigenvalue weighted by Gasteiger charge is -2.28. The van der Waals surface area contributed by atoms with Crippen molar-refractivity contribution >= 4 is 23.0 Å². The van der Waals surface area contributed by atoms with Gasteiger partial charge in [-0.3, -0.25) is 14.6 Å². The molecule has 0 radical (unpaired) electrons. The van der Waals surface area contributed by atoms with Crippen LogP contribution in [0.3, 0.4) is 0 Å². The molecule has 0 spiro atoms. The van der Waals surface area contributed by atoms with Crippen LogP contribution >= 0.6 is 11.3 Å². The molecule has 0 aromatic carbocycles. The summed E-state index contributed by atoms with van der Waals surface area (Å²) in [7, 11) is 0. The summed E-state index contributed by atoms with van der Waals surface area (Å²) in [6, 6.07) is 5.05. The molecule has 5 nitrogen and oxygen atoms in total. The first-order chi connectivity index (χ1) is 12.2. The lowest BCUT2D eigenvalue weighted by Crippen LogP contribution is -2.32. The number of nitrogens with zero attached hydrogens (tertiary/aromatic N) is 2. The van der Waals surface area contributed by atoms with Gasteiger partial charge in [-0.25, -0.2) is 0 Å². The number of aliphatic hydroxyl groups is 1. The highest BCUT2D eigenvalue weighted by atomic mass is 32.1. The van der Waals surface area contributed by atoms with Gasteiger partial charge in [0.15, 0.2) is 11.5 Å². The summed E-state index contributed by atoms with van der Waals surface area (Å²) in [4.78, 5) is 32.3. The van der Waals surface area contributed by atoms with E-state index in [1.807, 2.05) is 30.5 Å². The fraction of sp³-hybridized carbons (Fsp3) is 0.350. The molecular weight excluding hydrogens is 348 g/mol. The number of aromatic nitrogens is 1. The summed E-state index contributed by atoms with van der Waals surface area (Å²) in [5, 5.41) is 12.5. The van der Waals surface area contributed by atoms with E-state index in [0.29, 0.717) is 6.54 Å². The maximum Gasteiger partial charge on any atom is 0.290 e. The maximum absolute atomic E-state index is 13.0. The Labute approximate surface area is 157 Å². The Morgan fingerprint density at radius 2 is 1.92 bits per heavy atom. The molecular formula is C20H22N2O3S. The summed E-state index contributed by atoms with van der Waals surface area (Å²) in [6.07, 6.45) is 3.32. The molecule has 3 rings (SSSR count). The highest BCUT2D eigenvalue weighted by Crippen LogP contribution is 2.44. The molecule has 2 aromatic rings. The van der Waals surface area contributed by atoms with Gasteiger partial charge in [-0.05, 0) is 41.6 Å². The summed E-state index contributed by atoms with van der Waals surface area (Å²) in [5.41, 5.74) is 1.40. The third kappa shape index (κ3) is 3.17. The Hall–Kier alpha value is -2.47. The molecule has 2 aromatic heterocycles. The SMILES string of the molecule is Cc1ccsc1C1C(C(=O)C(C)(C)C)=C(O)C(=O)N1Cc1ccncc1. The molecule has 0 saturated carbocycles. The van der Waals surface area contributed by atoms with Gasteiger partial charge in [0.1, 0.15) is 0 Å². The molecule has 6 heteroatoms. The minimum Gasteiger partial charge on any atom is -0.503 e. The fourth-order valence-electron chi connectivity index (χ4n) is 3.07. The number of carbonyl (C=O) groups excluding carboxylic acids is 2. The average molecular weight is 370 g/mol. The monoisotopic (exact) mass is 370 g/mol. The quantitative estimate of drug-likeness (QED) is 0.884. The van der Waals surface area contributed by atoms with Crippen molar-refractivity contribution in [2.45, 2.75) is 40.3 Å². The number of thiophene rings is 1. The lowest BCUT2D eigenvalue weighted by molar-refractivity contribution is -0.130. The van der Waals surface area contributed by atoms with E-state index in [9.17, 15) is 14.7 Å². The molecule has 1 N–H and O–H groups in total. The number of pyridine rings is 1. The Balaban J connectivity index is 2.10. The predicted octanol–water partition coefficient (Wildman–Crippen LogP) is 3.96. The van der Waals surface area contributed by atoms with Crippen molar-refractivity contribution in [3.63, 3.8) is 0 Å². The summed E-state index contributed by atoms with van der Waals surface area (Å²) < 4.78 is 0. The maximum atomic E-state index is 13.0. The number of amides is 1. The first-order valence-corrected chi connectivity index (χ1v) is 9.31. The van der Waals surface area contributed by atoms with Crippen LogP contribution in [-0.4, -0.2) is 26.7 Å². The van der Waals surface area contributed by atoms with Crippen LogP contribution in [0.25, 0.3) is 0 Å². The van der Waals surface area contributed by atoms with E-state index in [2.05, 4.69) is 4.98 Å². The van der Waals surface area contributed by atoms with E-state index in [0.717, 1.165) is 16.0 Å². The minimum absolute atomic E-state index is 0.196. The lowest BCUT2D eigenvalue weighted by atomic mass is 9.83. The molecule has 0 bridgehead atoms. The second-order valence-electron chi connectivity index (χ2n) is 7.50. The smallest absolute Gasteiger partial charge is 0.290 e. The summed E-state index contributed by atoms with van der Waals surface area (Å²) in [6.45, 7) is 7.64. The predicted molar refractivity (Wildman–Crippen MR) is 101 cm³/mol. The topological polar surface area (TPSA) is 70.5 Å². The first kappa shape index (κ1) is 18.3. The van der Waals surface area contributed by atoms with E-state index in [-0.39, 0.29) is 11.4 Å². The van der Waals surface area contributed by atoms with Gasteiger partial charge in [-0.15, -0.1) is 11.3 Å². The van der Waals surface area contributed by atoms with E-state index < -0.39 is 23.1 Å². The van der Waals surface area contributed by atoms with Crippen molar-refractivity contribution in [3.05, 3.63) is 63.3 Å². The van der Waals surface area contributed by atoms with Gasteiger partial charge < -0.3 is 10.0 Å². The number of rotatable bonds is 4. The molecule has 3 heterocycles. The van der Waals surface area contributed by atoms with Crippen LogP contribution in [0.5, 0.6) is 0 Å². The van der Waals surface area contributed by atoms with Crippen LogP contribution in [0.4, 0.5) is 0 Å². The Morgan fingerprint density at radius 1 is 1.27 bits per heavy atom. The Kier molecular flexibility index (Phi) is 4.71. The van der Waals surface area contributed by atoms with E-state index >= 15 is 0 Å². The number of aliphatic hydroxyl groups excluding tert-OH is 1. The van der Waals surface area contributed by atoms with Crippen LogP contribution in [0.2, 0.25) is 0 Å². The summed E-state index contributed by atoms with van der Waals surface area (Å²) in [5.74, 6) is -1.15. The second-order valence-corrected chi connectivity index (χ2v) is 8.45. The molecule has 0 fully saturated rings. The highest BCUT2D eigenvalue weighted by molar-refractivity contribution is 7.10. The second kappa shape index (κ2) is 6.68. The van der Waals surface area contributed by atoms with Crippen LogP contribution in [-0.2, 0) is 16.1 Å². The Bertz CT molecular complexity index is 878. The third-order valence-corrected chi connectivity index (χ3v) is 5.55. The molecule has 26 heavy (non-hydrogen) atoms. The molecule has 1 aliphatic heterocycles. The van der Waals surface area contributed by atoms with Crippen molar-refractivity contribution in [1.29, 1.82) is 0 Å². The van der Waals surface area contributed by atoms with Gasteiger partial charge in [0, 0.05) is 29.2 Å². The van der Waals surface area contributed by atoms with E-state index in [1.165, 1.54) is 11.3 Å². The summed E-state index contributed by atoms with van der Waals surface area (Å²) >= 11 is 1.49. The van der Waals surface area contributed by atoms with Crippen molar-refractivity contribution in [2.24, 2.45) is 5.41 Å². The van der Waals surface area contributed by atoms with Crippen LogP contribution in [0, 0.1) is 12.3 Å². The molecule has 1 unspecified atom stereocenters. The Morgan fingerprint density at radius 3 is 2.46 bits per heavy atom. The molecule has 0 saturated heterocycles.